The van der Waals surface area contributed by atoms with Gasteiger partial charge in [0.15, 0.2) is 0 Å². The van der Waals surface area contributed by atoms with Gasteiger partial charge in [-0.3, -0.25) is 0 Å². The summed E-state index contributed by atoms with van der Waals surface area (Å²) in [6.07, 6.45) is 0. The predicted molar refractivity (Wildman–Crippen MR) is 97.2 cm³/mol. The van der Waals surface area contributed by atoms with E-state index in [4.69, 9.17) is 16.3 Å². The van der Waals surface area contributed by atoms with Gasteiger partial charge in [-0.1, -0.05) is 23.4 Å². The first-order valence-corrected chi connectivity index (χ1v) is 8.88. The number of piperazine rings is 1. The minimum absolute atomic E-state index is 0.363. The van der Waals surface area contributed by atoms with E-state index in [1.165, 1.54) is 15.5 Å². The Hall–Kier alpha value is -1.36. The molecule has 0 aliphatic carbocycles. The van der Waals surface area contributed by atoms with Crippen LogP contribution in [0, 0.1) is 0 Å². The van der Waals surface area contributed by atoms with Gasteiger partial charge in [0.05, 0.1) is 12.8 Å². The van der Waals surface area contributed by atoms with Gasteiger partial charge < -0.3 is 9.64 Å². The SMILES string of the molecule is COc1ccc(Sc2ccc(Cl)cc2N2CC[N]C(C)C2)cc1. The van der Waals surface area contributed by atoms with E-state index in [-0.39, 0.29) is 0 Å². The van der Waals surface area contributed by atoms with Crippen LogP contribution in [0.1, 0.15) is 6.92 Å². The monoisotopic (exact) mass is 347 g/mol. The summed E-state index contributed by atoms with van der Waals surface area (Å²) in [4.78, 5) is 4.79. The average molecular weight is 348 g/mol. The lowest BCUT2D eigenvalue weighted by molar-refractivity contribution is 0.414. The molecular formula is C18H20ClN2OS. The molecule has 0 aromatic heterocycles. The lowest BCUT2D eigenvalue weighted by Crippen LogP contribution is -2.45. The van der Waals surface area contributed by atoms with Gasteiger partial charge in [0.25, 0.3) is 0 Å². The van der Waals surface area contributed by atoms with Crippen LogP contribution in [0.3, 0.4) is 0 Å². The number of rotatable bonds is 4. The smallest absolute Gasteiger partial charge is 0.118 e. The maximum absolute atomic E-state index is 6.24. The van der Waals surface area contributed by atoms with Crippen LogP contribution in [0.5, 0.6) is 5.75 Å². The number of hydrogen-bond donors (Lipinski definition) is 0. The minimum Gasteiger partial charge on any atom is -0.497 e. The molecule has 2 aromatic rings. The molecule has 1 unspecified atom stereocenters. The molecule has 1 atom stereocenters. The largest absolute Gasteiger partial charge is 0.497 e. The second-order valence-corrected chi connectivity index (χ2v) is 7.14. The Morgan fingerprint density at radius 3 is 2.70 bits per heavy atom. The third-order valence-corrected chi connectivity index (χ3v) is 5.15. The molecule has 1 aliphatic rings. The first-order chi connectivity index (χ1) is 11.2. The first-order valence-electron chi connectivity index (χ1n) is 7.69. The Morgan fingerprint density at radius 1 is 1.22 bits per heavy atom. The topological polar surface area (TPSA) is 26.6 Å². The normalized spacial score (nSPS) is 18.0. The van der Waals surface area contributed by atoms with Gasteiger partial charge in [0, 0.05) is 40.5 Å². The van der Waals surface area contributed by atoms with Crippen molar-refractivity contribution in [3.8, 4) is 5.75 Å². The van der Waals surface area contributed by atoms with E-state index in [1.54, 1.807) is 18.9 Å². The van der Waals surface area contributed by atoms with Gasteiger partial charge in [-0.25, -0.2) is 5.32 Å². The van der Waals surface area contributed by atoms with Crippen molar-refractivity contribution in [1.82, 2.24) is 5.32 Å². The third kappa shape index (κ3) is 4.14. The second-order valence-electron chi connectivity index (χ2n) is 5.59. The fourth-order valence-electron chi connectivity index (χ4n) is 2.68. The molecule has 2 aromatic carbocycles. The molecule has 1 aliphatic heterocycles. The quantitative estimate of drug-likeness (QED) is 0.824. The van der Waals surface area contributed by atoms with Crippen molar-refractivity contribution in [3.05, 3.63) is 47.5 Å². The molecule has 5 heteroatoms. The molecule has 1 radical (unpaired) electrons. The van der Waals surface area contributed by atoms with Crippen LogP contribution >= 0.6 is 23.4 Å². The van der Waals surface area contributed by atoms with Gasteiger partial charge in [-0.2, -0.15) is 0 Å². The standard InChI is InChI=1S/C18H20ClN2OS/c1-13-12-21(10-9-20-13)17-11-14(19)3-8-18(17)23-16-6-4-15(22-2)5-7-16/h3-8,11,13H,9-10,12H2,1-2H3. The van der Waals surface area contributed by atoms with E-state index in [1.807, 2.05) is 18.2 Å². The van der Waals surface area contributed by atoms with Crippen LogP contribution in [-0.2, 0) is 0 Å². The summed E-state index contributed by atoms with van der Waals surface area (Å²) in [7, 11) is 1.68. The molecule has 121 valence electrons. The molecule has 0 spiro atoms. The summed E-state index contributed by atoms with van der Waals surface area (Å²) in [5, 5.41) is 5.34. The van der Waals surface area contributed by atoms with E-state index in [2.05, 4.69) is 41.4 Å². The summed E-state index contributed by atoms with van der Waals surface area (Å²) < 4.78 is 5.22. The molecular weight excluding hydrogens is 328 g/mol. The van der Waals surface area contributed by atoms with Crippen LogP contribution < -0.4 is 15.0 Å². The van der Waals surface area contributed by atoms with Gasteiger partial charge in [0.2, 0.25) is 0 Å². The zero-order valence-electron chi connectivity index (χ0n) is 13.3. The van der Waals surface area contributed by atoms with Crippen molar-refractivity contribution in [3.63, 3.8) is 0 Å². The highest BCUT2D eigenvalue weighted by Crippen LogP contribution is 2.38. The van der Waals surface area contributed by atoms with Crippen molar-refractivity contribution >= 4 is 29.1 Å². The molecule has 0 N–H and O–H groups in total. The van der Waals surface area contributed by atoms with E-state index in [0.29, 0.717) is 6.04 Å². The number of anilines is 1. The number of ether oxygens (including phenoxy) is 1. The fraction of sp³-hybridized carbons (Fsp3) is 0.333. The molecule has 0 saturated carbocycles. The Kier molecular flexibility index (Phi) is 5.36. The van der Waals surface area contributed by atoms with Crippen molar-refractivity contribution in [1.29, 1.82) is 0 Å². The summed E-state index contributed by atoms with van der Waals surface area (Å²) in [6.45, 7) is 4.92. The minimum atomic E-state index is 0.363. The average Bonchev–Trinajstić information content (AvgIpc) is 2.57. The maximum atomic E-state index is 6.24. The van der Waals surface area contributed by atoms with Crippen molar-refractivity contribution in [2.45, 2.75) is 22.8 Å². The van der Waals surface area contributed by atoms with Gasteiger partial charge in [-0.05, 0) is 49.4 Å². The predicted octanol–water partition coefficient (Wildman–Crippen LogP) is 4.31. The van der Waals surface area contributed by atoms with Crippen molar-refractivity contribution in [2.75, 3.05) is 31.6 Å². The summed E-state index contributed by atoms with van der Waals surface area (Å²) in [5.74, 6) is 0.872. The molecule has 1 heterocycles. The zero-order chi connectivity index (χ0) is 16.2. The van der Waals surface area contributed by atoms with Crippen LogP contribution in [0.25, 0.3) is 0 Å². The number of benzene rings is 2. The molecule has 0 amide bonds. The van der Waals surface area contributed by atoms with Crippen LogP contribution in [0.15, 0.2) is 52.3 Å². The summed E-state index contributed by atoms with van der Waals surface area (Å²) >= 11 is 7.99. The lowest BCUT2D eigenvalue weighted by Gasteiger charge is -2.33. The molecule has 3 nitrogen and oxygen atoms in total. The highest BCUT2D eigenvalue weighted by atomic mass is 35.5. The highest BCUT2D eigenvalue weighted by molar-refractivity contribution is 7.99. The molecule has 1 saturated heterocycles. The Labute approximate surface area is 147 Å². The lowest BCUT2D eigenvalue weighted by atomic mass is 10.2. The molecule has 3 rings (SSSR count). The third-order valence-electron chi connectivity index (χ3n) is 3.84. The number of nitrogens with zero attached hydrogens (tertiary/aromatic N) is 2. The van der Waals surface area contributed by atoms with E-state index in [0.717, 1.165) is 30.4 Å². The van der Waals surface area contributed by atoms with Crippen molar-refractivity contribution in [2.24, 2.45) is 0 Å². The van der Waals surface area contributed by atoms with Gasteiger partial charge in [0.1, 0.15) is 5.75 Å². The highest BCUT2D eigenvalue weighted by Gasteiger charge is 2.20. The zero-order valence-corrected chi connectivity index (χ0v) is 14.9. The second kappa shape index (κ2) is 7.47. The Balaban J connectivity index is 1.85. The van der Waals surface area contributed by atoms with Crippen LogP contribution in [0.2, 0.25) is 5.02 Å². The van der Waals surface area contributed by atoms with Crippen molar-refractivity contribution < 1.29 is 4.74 Å². The maximum Gasteiger partial charge on any atom is 0.118 e. The van der Waals surface area contributed by atoms with E-state index in [9.17, 15) is 0 Å². The fourth-order valence-corrected chi connectivity index (χ4v) is 3.80. The molecule has 23 heavy (non-hydrogen) atoms. The van der Waals surface area contributed by atoms with E-state index >= 15 is 0 Å². The number of methoxy groups -OCH3 is 1. The number of halogens is 1. The first kappa shape index (κ1) is 16.5. The Morgan fingerprint density at radius 2 is 2.00 bits per heavy atom. The number of hydrogen-bond acceptors (Lipinski definition) is 3. The van der Waals surface area contributed by atoms with Crippen LogP contribution in [-0.4, -0.2) is 32.8 Å². The van der Waals surface area contributed by atoms with E-state index < -0.39 is 0 Å². The Bertz CT molecular complexity index is 663. The summed E-state index contributed by atoms with van der Waals surface area (Å²) in [5.41, 5.74) is 1.19. The van der Waals surface area contributed by atoms with Crippen LogP contribution in [0.4, 0.5) is 5.69 Å². The molecule has 1 fully saturated rings. The van der Waals surface area contributed by atoms with Gasteiger partial charge >= 0.3 is 0 Å². The van der Waals surface area contributed by atoms with Gasteiger partial charge in [-0.15, -0.1) is 0 Å². The molecule has 0 bridgehead atoms. The summed E-state index contributed by atoms with van der Waals surface area (Å²) in [6, 6.07) is 14.6.